The Balaban J connectivity index is 2.56. The Labute approximate surface area is 232 Å². The van der Waals surface area contributed by atoms with Crippen molar-refractivity contribution in [3.8, 4) is 18.1 Å². The first-order valence-electron chi connectivity index (χ1n) is 13.1. The molecule has 0 radical (unpaired) electrons. The minimum Gasteiger partial charge on any atom is -0.497 e. The number of carbonyl (C=O) groups is 3. The fourth-order valence-corrected chi connectivity index (χ4v) is 4.17. The van der Waals surface area contributed by atoms with Crippen molar-refractivity contribution in [3.63, 3.8) is 0 Å². The van der Waals surface area contributed by atoms with E-state index in [-0.39, 0.29) is 5.92 Å². The lowest BCUT2D eigenvalue weighted by Gasteiger charge is -2.38. The Morgan fingerprint density at radius 2 is 1.62 bits per heavy atom. The highest BCUT2D eigenvalue weighted by atomic mass is 16.6. The second kappa shape index (κ2) is 13.7. The summed E-state index contributed by atoms with van der Waals surface area (Å²) in [5.41, 5.74) is 0.797. The molecular formula is C31H41N3O5. The molecule has 0 aliphatic rings. The fraction of sp³-hybridized carbons (Fsp3) is 0.452. The van der Waals surface area contributed by atoms with Gasteiger partial charge in [-0.25, -0.2) is 4.79 Å². The second-order valence-electron chi connectivity index (χ2n) is 11.0. The van der Waals surface area contributed by atoms with E-state index in [9.17, 15) is 14.4 Å². The third kappa shape index (κ3) is 9.06. The van der Waals surface area contributed by atoms with Crippen LogP contribution in [0.25, 0.3) is 0 Å². The van der Waals surface area contributed by atoms with Crippen LogP contribution in [0.1, 0.15) is 72.1 Å². The number of alkyl carbamates (subject to hydrolysis) is 1. The molecule has 3 amide bonds. The molecule has 2 rings (SSSR count). The number of ether oxygens (including phenoxy) is 2. The highest BCUT2D eigenvalue weighted by Crippen LogP contribution is 2.30. The van der Waals surface area contributed by atoms with Gasteiger partial charge in [-0.05, 0) is 82.9 Å². The van der Waals surface area contributed by atoms with Crippen LogP contribution in [0.2, 0.25) is 0 Å². The van der Waals surface area contributed by atoms with Crippen LogP contribution in [0.4, 0.5) is 10.5 Å². The summed E-state index contributed by atoms with van der Waals surface area (Å²) in [7, 11) is 1.56. The molecule has 210 valence electrons. The van der Waals surface area contributed by atoms with Crippen molar-refractivity contribution in [3.05, 3.63) is 59.7 Å². The van der Waals surface area contributed by atoms with Gasteiger partial charge in [0.05, 0.1) is 7.11 Å². The van der Waals surface area contributed by atoms with Gasteiger partial charge in [0, 0.05) is 17.3 Å². The Hall–Kier alpha value is -3.99. The molecule has 0 aromatic heterocycles. The Kier molecular flexibility index (Phi) is 11.0. The number of nitrogens with zero attached hydrogens (tertiary/aromatic N) is 1. The molecule has 39 heavy (non-hydrogen) atoms. The van der Waals surface area contributed by atoms with Gasteiger partial charge in [-0.15, -0.1) is 6.42 Å². The molecule has 0 bridgehead atoms. The van der Waals surface area contributed by atoms with Crippen molar-refractivity contribution >= 4 is 23.6 Å². The number of anilines is 1. The molecule has 0 saturated carbocycles. The predicted molar refractivity (Wildman–Crippen MR) is 153 cm³/mol. The van der Waals surface area contributed by atoms with Crippen LogP contribution in [-0.4, -0.2) is 47.6 Å². The topological polar surface area (TPSA) is 97.0 Å². The summed E-state index contributed by atoms with van der Waals surface area (Å²) in [4.78, 5) is 42.3. The Morgan fingerprint density at radius 3 is 2.13 bits per heavy atom. The van der Waals surface area contributed by atoms with E-state index < -0.39 is 41.6 Å². The normalized spacial score (nSPS) is 12.7. The van der Waals surface area contributed by atoms with Crippen LogP contribution in [0.3, 0.4) is 0 Å². The first kappa shape index (κ1) is 31.2. The smallest absolute Gasteiger partial charge is 0.408 e. The van der Waals surface area contributed by atoms with Gasteiger partial charge in [0.15, 0.2) is 0 Å². The summed E-state index contributed by atoms with van der Waals surface area (Å²) in [5.74, 6) is 2.51. The summed E-state index contributed by atoms with van der Waals surface area (Å²) in [5, 5.41) is 5.65. The molecule has 0 spiro atoms. The molecule has 0 fully saturated rings. The molecule has 2 N–H and O–H groups in total. The van der Waals surface area contributed by atoms with Crippen LogP contribution >= 0.6 is 0 Å². The van der Waals surface area contributed by atoms with Crippen LogP contribution < -0.4 is 15.4 Å². The van der Waals surface area contributed by atoms with E-state index in [1.54, 1.807) is 76.4 Å². The molecule has 0 saturated heterocycles. The van der Waals surface area contributed by atoms with E-state index >= 15 is 0 Å². The number of nitrogens with one attached hydrogen (secondary N) is 2. The van der Waals surface area contributed by atoms with E-state index in [0.29, 0.717) is 29.0 Å². The van der Waals surface area contributed by atoms with Gasteiger partial charge in [0.2, 0.25) is 5.91 Å². The van der Waals surface area contributed by atoms with Crippen molar-refractivity contribution in [2.24, 2.45) is 5.92 Å². The average Bonchev–Trinajstić information content (AvgIpc) is 2.85. The van der Waals surface area contributed by atoms with Gasteiger partial charge in [-0.2, -0.15) is 0 Å². The third-order valence-electron chi connectivity index (χ3n) is 5.80. The second-order valence-corrected chi connectivity index (χ2v) is 11.0. The van der Waals surface area contributed by atoms with Gasteiger partial charge in [0.25, 0.3) is 5.91 Å². The van der Waals surface area contributed by atoms with E-state index in [4.69, 9.17) is 15.9 Å². The van der Waals surface area contributed by atoms with Gasteiger partial charge in [-0.1, -0.05) is 38.0 Å². The van der Waals surface area contributed by atoms with Gasteiger partial charge < -0.3 is 25.0 Å². The Bertz CT molecular complexity index is 1180. The molecule has 0 aliphatic heterocycles. The number of methoxy groups -OCH3 is 1. The molecule has 8 nitrogen and oxygen atoms in total. The number of terminal acetylenes is 1. The number of rotatable bonds is 10. The summed E-state index contributed by atoms with van der Waals surface area (Å²) in [6.07, 6.45) is 5.45. The van der Waals surface area contributed by atoms with Crippen LogP contribution in [0, 0.1) is 18.3 Å². The van der Waals surface area contributed by atoms with Gasteiger partial charge in [-0.3, -0.25) is 9.59 Å². The molecule has 2 atom stereocenters. The average molecular weight is 536 g/mol. The van der Waals surface area contributed by atoms with E-state index in [2.05, 4.69) is 16.6 Å². The zero-order valence-corrected chi connectivity index (χ0v) is 24.2. The molecule has 2 aromatic carbocycles. The van der Waals surface area contributed by atoms with Crippen LogP contribution in [0.5, 0.6) is 5.75 Å². The van der Waals surface area contributed by atoms with E-state index in [0.717, 1.165) is 0 Å². The van der Waals surface area contributed by atoms with Crippen molar-refractivity contribution in [2.45, 2.75) is 78.6 Å². The fourth-order valence-electron chi connectivity index (χ4n) is 4.17. The van der Waals surface area contributed by atoms with Crippen molar-refractivity contribution in [2.75, 3.05) is 12.4 Å². The maximum Gasteiger partial charge on any atom is 0.408 e. The monoisotopic (exact) mass is 535 g/mol. The molecule has 2 unspecified atom stereocenters. The molecule has 0 heterocycles. The Morgan fingerprint density at radius 1 is 1.00 bits per heavy atom. The number of amides is 3. The number of hydrogen-bond donors (Lipinski definition) is 2. The number of hydrogen-bond acceptors (Lipinski definition) is 5. The van der Waals surface area contributed by atoms with Gasteiger partial charge >= 0.3 is 6.09 Å². The maximum atomic E-state index is 14.2. The predicted octanol–water partition coefficient (Wildman–Crippen LogP) is 5.53. The quantitative estimate of drug-likeness (QED) is 0.390. The van der Waals surface area contributed by atoms with Crippen LogP contribution in [-0.2, 0) is 14.3 Å². The summed E-state index contributed by atoms with van der Waals surface area (Å²) in [6.45, 7) is 12.8. The van der Waals surface area contributed by atoms with Gasteiger partial charge in [0.1, 0.15) is 23.4 Å². The minimum absolute atomic E-state index is 0.0764. The third-order valence-corrected chi connectivity index (χ3v) is 5.80. The van der Waals surface area contributed by atoms with Crippen molar-refractivity contribution < 1.29 is 23.9 Å². The summed E-state index contributed by atoms with van der Waals surface area (Å²) >= 11 is 0. The lowest BCUT2D eigenvalue weighted by molar-refractivity contribution is -0.143. The lowest BCUT2D eigenvalue weighted by Crippen LogP contribution is -2.54. The minimum atomic E-state index is -1.07. The molecule has 8 heteroatoms. The van der Waals surface area contributed by atoms with Crippen molar-refractivity contribution in [1.82, 2.24) is 10.2 Å². The SMILES string of the molecule is C#Cc1ccccc1C(C(=O)Nc1ccc(OC)cc1)N(C(=O)C(CC(C)C)NC(=O)OC(C)(C)C)C(C)C. The number of carbonyl (C=O) groups excluding carboxylic acids is 3. The molecule has 0 aliphatic carbocycles. The zero-order valence-electron chi connectivity index (χ0n) is 24.2. The maximum absolute atomic E-state index is 14.2. The largest absolute Gasteiger partial charge is 0.497 e. The van der Waals surface area contributed by atoms with Crippen LogP contribution in [0.15, 0.2) is 48.5 Å². The van der Waals surface area contributed by atoms with E-state index in [1.165, 1.54) is 4.90 Å². The van der Waals surface area contributed by atoms with Crippen molar-refractivity contribution in [1.29, 1.82) is 0 Å². The number of benzene rings is 2. The summed E-state index contributed by atoms with van der Waals surface area (Å²) < 4.78 is 10.6. The molecule has 2 aromatic rings. The van der Waals surface area contributed by atoms with E-state index in [1.807, 2.05) is 27.7 Å². The first-order chi connectivity index (χ1) is 18.3. The zero-order chi connectivity index (χ0) is 29.3. The molecular weight excluding hydrogens is 494 g/mol. The first-order valence-corrected chi connectivity index (χ1v) is 13.1. The lowest BCUT2D eigenvalue weighted by atomic mass is 9.95. The highest BCUT2D eigenvalue weighted by Gasteiger charge is 2.38. The summed E-state index contributed by atoms with van der Waals surface area (Å²) in [6, 6.07) is 11.5. The highest BCUT2D eigenvalue weighted by molar-refractivity contribution is 5.99. The standard InChI is InChI=1S/C31H41N3O5/c1-10-22-13-11-12-14-25(22)27(28(35)32-23-15-17-24(38-9)18-16-23)34(21(4)5)29(36)26(19-20(2)3)33-30(37)39-31(6,7)8/h1,11-18,20-21,26-27H,19H2,2-9H3,(H,32,35)(H,33,37).